The van der Waals surface area contributed by atoms with Crippen molar-refractivity contribution >= 4 is 11.9 Å². The van der Waals surface area contributed by atoms with E-state index in [-0.39, 0.29) is 18.7 Å². The van der Waals surface area contributed by atoms with E-state index in [9.17, 15) is 9.59 Å². The number of nitrogens with zero attached hydrogens (tertiary/aromatic N) is 2. The Morgan fingerprint density at radius 2 is 2.00 bits per heavy atom. The third-order valence-electron chi connectivity index (χ3n) is 2.58. The van der Waals surface area contributed by atoms with Gasteiger partial charge in [-0.1, -0.05) is 0 Å². The van der Waals surface area contributed by atoms with Crippen LogP contribution in [-0.4, -0.2) is 48.7 Å². The number of carboxylic acid groups (broad SMARTS) is 1. The molecule has 0 spiro atoms. The lowest BCUT2D eigenvalue weighted by molar-refractivity contribution is -0.151. The quantitative estimate of drug-likeness (QED) is 0.696. The van der Waals surface area contributed by atoms with Crippen molar-refractivity contribution in [1.82, 2.24) is 4.90 Å². The highest BCUT2D eigenvalue weighted by Gasteiger charge is 2.31. The summed E-state index contributed by atoms with van der Waals surface area (Å²) in [5, 5.41) is 17.5. The molecule has 0 unspecified atom stereocenters. The second kappa shape index (κ2) is 7.67. The zero-order valence-corrected chi connectivity index (χ0v) is 11.1. The Bertz CT molecular complexity index is 333. The molecule has 0 bridgehead atoms. The van der Waals surface area contributed by atoms with Gasteiger partial charge in [-0.05, 0) is 13.8 Å². The van der Waals surface area contributed by atoms with Crippen molar-refractivity contribution < 1.29 is 19.4 Å². The average Bonchev–Trinajstić information content (AvgIpc) is 2.28. The molecule has 6 heteroatoms. The van der Waals surface area contributed by atoms with Crippen molar-refractivity contribution in [3.05, 3.63) is 0 Å². The summed E-state index contributed by atoms with van der Waals surface area (Å²) in [6.45, 7) is 4.05. The minimum atomic E-state index is -1.10. The largest absolute Gasteiger partial charge is 0.481 e. The summed E-state index contributed by atoms with van der Waals surface area (Å²) >= 11 is 0. The molecule has 0 aliphatic rings. The van der Waals surface area contributed by atoms with Crippen molar-refractivity contribution in [2.24, 2.45) is 5.41 Å². The van der Waals surface area contributed by atoms with Crippen molar-refractivity contribution in [2.45, 2.75) is 26.7 Å². The number of carbonyl (C=O) groups excluding carboxylic acids is 1. The van der Waals surface area contributed by atoms with Crippen molar-refractivity contribution in [2.75, 3.05) is 26.8 Å². The van der Waals surface area contributed by atoms with Crippen LogP contribution >= 0.6 is 0 Å². The van der Waals surface area contributed by atoms with Gasteiger partial charge in [0.25, 0.3) is 0 Å². The fraction of sp³-hybridized carbons (Fsp3) is 0.750. The van der Waals surface area contributed by atoms with Crippen LogP contribution in [0.2, 0.25) is 0 Å². The van der Waals surface area contributed by atoms with Gasteiger partial charge in [0.15, 0.2) is 0 Å². The first kappa shape index (κ1) is 16.4. The van der Waals surface area contributed by atoms with Crippen molar-refractivity contribution in [1.29, 1.82) is 5.26 Å². The van der Waals surface area contributed by atoms with E-state index in [0.717, 1.165) is 0 Å². The molecule has 0 heterocycles. The van der Waals surface area contributed by atoms with Gasteiger partial charge in [0.05, 0.1) is 24.5 Å². The summed E-state index contributed by atoms with van der Waals surface area (Å²) in [4.78, 5) is 24.4. The Balaban J connectivity index is 4.55. The molecule has 0 aliphatic carbocycles. The van der Waals surface area contributed by atoms with E-state index < -0.39 is 11.4 Å². The Morgan fingerprint density at radius 1 is 1.39 bits per heavy atom. The number of hydrogen-bond donors (Lipinski definition) is 1. The molecular formula is C12H20N2O4. The van der Waals surface area contributed by atoms with Crippen molar-refractivity contribution in [3.8, 4) is 6.07 Å². The van der Waals surface area contributed by atoms with Gasteiger partial charge < -0.3 is 14.7 Å². The lowest BCUT2D eigenvalue weighted by atomic mass is 9.89. The van der Waals surface area contributed by atoms with Crippen LogP contribution in [0.4, 0.5) is 0 Å². The number of hydrogen-bond acceptors (Lipinski definition) is 4. The minimum Gasteiger partial charge on any atom is -0.481 e. The number of aliphatic carboxylic acids is 1. The maximum absolute atomic E-state index is 12.0. The molecule has 0 aliphatic heterocycles. The molecule has 1 amide bonds. The molecule has 0 saturated carbocycles. The van der Waals surface area contributed by atoms with Gasteiger partial charge in [0, 0.05) is 26.6 Å². The molecule has 0 rings (SSSR count). The first-order valence-corrected chi connectivity index (χ1v) is 5.72. The summed E-state index contributed by atoms with van der Waals surface area (Å²) < 4.78 is 4.89. The fourth-order valence-electron chi connectivity index (χ4n) is 1.31. The third-order valence-corrected chi connectivity index (χ3v) is 2.58. The lowest BCUT2D eigenvalue weighted by Gasteiger charge is -2.25. The molecule has 6 nitrogen and oxygen atoms in total. The van der Waals surface area contributed by atoms with E-state index >= 15 is 0 Å². The summed E-state index contributed by atoms with van der Waals surface area (Å²) in [6.07, 6.45) is 0.139. The van der Waals surface area contributed by atoms with E-state index in [1.165, 1.54) is 25.9 Å². The molecule has 18 heavy (non-hydrogen) atoms. The summed E-state index contributed by atoms with van der Waals surface area (Å²) in [5.74, 6) is -1.28. The highest BCUT2D eigenvalue weighted by molar-refractivity contribution is 5.84. The SMILES string of the molecule is COCCN(CCC#N)C(=O)CC(C)(C)C(=O)O. The minimum absolute atomic E-state index is 0.0858. The Morgan fingerprint density at radius 3 is 2.44 bits per heavy atom. The Kier molecular flexibility index (Phi) is 6.98. The maximum Gasteiger partial charge on any atom is 0.309 e. The normalized spacial score (nSPS) is 10.8. The van der Waals surface area contributed by atoms with Gasteiger partial charge in [0.1, 0.15) is 0 Å². The first-order valence-electron chi connectivity index (χ1n) is 5.72. The van der Waals surface area contributed by atoms with E-state index in [1.807, 2.05) is 6.07 Å². The fourth-order valence-corrected chi connectivity index (χ4v) is 1.31. The van der Waals surface area contributed by atoms with Gasteiger partial charge in [-0.15, -0.1) is 0 Å². The maximum atomic E-state index is 12.0. The smallest absolute Gasteiger partial charge is 0.309 e. The van der Waals surface area contributed by atoms with Crippen LogP contribution in [0.25, 0.3) is 0 Å². The van der Waals surface area contributed by atoms with Gasteiger partial charge in [-0.2, -0.15) is 5.26 Å². The van der Waals surface area contributed by atoms with Gasteiger partial charge in [-0.25, -0.2) is 0 Å². The molecule has 0 radical (unpaired) electrons. The highest BCUT2D eigenvalue weighted by Crippen LogP contribution is 2.21. The Labute approximate surface area is 107 Å². The number of amides is 1. The monoisotopic (exact) mass is 256 g/mol. The van der Waals surface area contributed by atoms with E-state index in [4.69, 9.17) is 15.1 Å². The van der Waals surface area contributed by atoms with E-state index in [0.29, 0.717) is 19.7 Å². The number of methoxy groups -OCH3 is 1. The second-order valence-electron chi connectivity index (χ2n) is 4.65. The summed E-state index contributed by atoms with van der Waals surface area (Å²) in [6, 6.07) is 1.96. The molecule has 0 fully saturated rings. The standard InChI is InChI=1S/C12H20N2O4/c1-12(2,11(16)17)9-10(15)14(6-4-5-13)7-8-18-3/h4,6-9H2,1-3H3,(H,16,17). The van der Waals surface area contributed by atoms with Crippen LogP contribution in [0.15, 0.2) is 0 Å². The van der Waals surface area contributed by atoms with Crippen LogP contribution in [0.5, 0.6) is 0 Å². The van der Waals surface area contributed by atoms with Crippen LogP contribution < -0.4 is 0 Å². The molecule has 0 atom stereocenters. The van der Waals surface area contributed by atoms with Crippen LogP contribution in [0, 0.1) is 16.7 Å². The zero-order chi connectivity index (χ0) is 14.2. The van der Waals surface area contributed by atoms with Gasteiger partial charge in [-0.3, -0.25) is 9.59 Å². The van der Waals surface area contributed by atoms with Crippen LogP contribution in [0.1, 0.15) is 26.7 Å². The van der Waals surface area contributed by atoms with Gasteiger partial charge in [0.2, 0.25) is 5.91 Å². The van der Waals surface area contributed by atoms with Crippen LogP contribution in [0.3, 0.4) is 0 Å². The number of nitriles is 1. The summed E-state index contributed by atoms with van der Waals surface area (Å²) in [5.41, 5.74) is -1.10. The molecule has 102 valence electrons. The number of carboxylic acids is 1. The molecule has 1 N–H and O–H groups in total. The predicted molar refractivity (Wildman–Crippen MR) is 64.7 cm³/mol. The van der Waals surface area contributed by atoms with Crippen LogP contribution in [-0.2, 0) is 14.3 Å². The average molecular weight is 256 g/mol. The zero-order valence-electron chi connectivity index (χ0n) is 11.1. The first-order chi connectivity index (χ1) is 8.35. The summed E-state index contributed by atoms with van der Waals surface area (Å²) in [7, 11) is 1.52. The number of carbonyl (C=O) groups is 2. The molecule has 0 aromatic carbocycles. The van der Waals surface area contributed by atoms with E-state index in [1.54, 1.807) is 0 Å². The highest BCUT2D eigenvalue weighted by atomic mass is 16.5. The molecule has 0 aromatic rings. The second-order valence-corrected chi connectivity index (χ2v) is 4.65. The topological polar surface area (TPSA) is 90.6 Å². The lowest BCUT2D eigenvalue weighted by Crippen LogP contribution is -2.39. The van der Waals surface area contributed by atoms with E-state index in [2.05, 4.69) is 0 Å². The number of rotatable bonds is 8. The number of ether oxygens (including phenoxy) is 1. The van der Waals surface area contributed by atoms with Crippen molar-refractivity contribution in [3.63, 3.8) is 0 Å². The van der Waals surface area contributed by atoms with Gasteiger partial charge >= 0.3 is 5.97 Å². The predicted octanol–water partition coefficient (Wildman–Crippen LogP) is 0.876. The molecule has 0 saturated heterocycles. The third kappa shape index (κ3) is 5.64. The Hall–Kier alpha value is -1.61. The molecule has 0 aromatic heterocycles. The molecular weight excluding hydrogens is 236 g/mol.